The largest absolute Gasteiger partial charge is 0.491 e. The number of methoxy groups -OCH3 is 1. The standard InChI is InChI=1S/C10H5F4NOS/c1-16-10-8(13)6(11)5(7(12)9(10)14)4-2-17-3-15-4/h2-3H,1H3. The molecule has 0 aliphatic carbocycles. The molecule has 2 rings (SSSR count). The molecule has 0 aliphatic heterocycles. The summed E-state index contributed by atoms with van der Waals surface area (Å²) < 4.78 is 58.1. The summed E-state index contributed by atoms with van der Waals surface area (Å²) in [5, 5.41) is 1.28. The highest BCUT2D eigenvalue weighted by atomic mass is 32.1. The molecule has 2 nitrogen and oxygen atoms in total. The van der Waals surface area contributed by atoms with Crippen molar-refractivity contribution < 1.29 is 22.3 Å². The fourth-order valence-electron chi connectivity index (χ4n) is 1.35. The van der Waals surface area contributed by atoms with Gasteiger partial charge in [-0.3, -0.25) is 0 Å². The van der Waals surface area contributed by atoms with Crippen molar-refractivity contribution >= 4 is 11.3 Å². The van der Waals surface area contributed by atoms with Gasteiger partial charge in [-0.1, -0.05) is 0 Å². The molecule has 1 heterocycles. The molecule has 0 bridgehead atoms. The van der Waals surface area contributed by atoms with Gasteiger partial charge in [0.15, 0.2) is 17.4 Å². The Balaban J connectivity index is 2.78. The van der Waals surface area contributed by atoms with Gasteiger partial charge in [-0.15, -0.1) is 11.3 Å². The summed E-state index contributed by atoms with van der Waals surface area (Å²) in [6.07, 6.45) is 0. The van der Waals surface area contributed by atoms with Crippen molar-refractivity contribution in [3.05, 3.63) is 34.2 Å². The first-order chi connectivity index (χ1) is 8.07. The second-order valence-corrected chi connectivity index (χ2v) is 3.76. The Kier molecular flexibility index (Phi) is 3.01. The van der Waals surface area contributed by atoms with Crippen molar-refractivity contribution in [2.75, 3.05) is 7.11 Å². The van der Waals surface area contributed by atoms with Gasteiger partial charge >= 0.3 is 0 Å². The molecule has 0 amide bonds. The molecule has 2 aromatic rings. The van der Waals surface area contributed by atoms with E-state index in [1.165, 1.54) is 10.9 Å². The zero-order valence-corrected chi connectivity index (χ0v) is 9.25. The molecule has 17 heavy (non-hydrogen) atoms. The van der Waals surface area contributed by atoms with Gasteiger partial charge < -0.3 is 4.74 Å². The average Bonchev–Trinajstić information content (AvgIpc) is 2.81. The molecule has 7 heteroatoms. The third kappa shape index (κ3) is 1.76. The van der Waals surface area contributed by atoms with Crippen molar-refractivity contribution in [2.45, 2.75) is 0 Å². The Bertz CT molecular complexity index is 527. The topological polar surface area (TPSA) is 22.1 Å². The van der Waals surface area contributed by atoms with E-state index in [-0.39, 0.29) is 5.69 Å². The maximum atomic E-state index is 13.6. The molecule has 1 aromatic carbocycles. The van der Waals surface area contributed by atoms with Gasteiger partial charge in [0.05, 0.1) is 23.9 Å². The highest BCUT2D eigenvalue weighted by Crippen LogP contribution is 2.35. The lowest BCUT2D eigenvalue weighted by molar-refractivity contribution is 0.334. The zero-order chi connectivity index (χ0) is 12.6. The molecule has 0 radical (unpaired) electrons. The summed E-state index contributed by atoms with van der Waals surface area (Å²) in [6.45, 7) is 0. The molecule has 90 valence electrons. The fraction of sp³-hybridized carbons (Fsp3) is 0.100. The first-order valence-electron chi connectivity index (χ1n) is 4.36. The van der Waals surface area contributed by atoms with E-state index < -0.39 is 34.6 Å². The normalized spacial score (nSPS) is 10.6. The minimum absolute atomic E-state index is 0.162. The Labute approximate surface area is 97.5 Å². The van der Waals surface area contributed by atoms with Crippen LogP contribution in [-0.2, 0) is 0 Å². The second-order valence-electron chi connectivity index (χ2n) is 3.04. The Hall–Kier alpha value is -1.63. The van der Waals surface area contributed by atoms with Crippen LogP contribution in [0, 0.1) is 23.3 Å². The number of hydrogen-bond donors (Lipinski definition) is 0. The lowest BCUT2D eigenvalue weighted by Gasteiger charge is -2.09. The molecular weight excluding hydrogens is 258 g/mol. The smallest absolute Gasteiger partial charge is 0.204 e. The van der Waals surface area contributed by atoms with Gasteiger partial charge in [-0.2, -0.15) is 8.78 Å². The Morgan fingerprint density at radius 3 is 2.06 bits per heavy atom. The van der Waals surface area contributed by atoms with Crippen molar-refractivity contribution in [1.29, 1.82) is 0 Å². The Morgan fingerprint density at radius 2 is 1.65 bits per heavy atom. The summed E-state index contributed by atoms with van der Waals surface area (Å²) >= 11 is 1.05. The van der Waals surface area contributed by atoms with E-state index in [1.54, 1.807) is 0 Å². The predicted octanol–water partition coefficient (Wildman–Crippen LogP) is 3.38. The molecule has 0 fully saturated rings. The van der Waals surface area contributed by atoms with Crippen LogP contribution in [0.2, 0.25) is 0 Å². The van der Waals surface area contributed by atoms with Gasteiger partial charge in [-0.05, 0) is 0 Å². The molecule has 0 aliphatic rings. The molecule has 0 saturated heterocycles. The number of benzene rings is 1. The maximum Gasteiger partial charge on any atom is 0.204 e. The van der Waals surface area contributed by atoms with Crippen LogP contribution in [0.4, 0.5) is 17.6 Å². The molecular formula is C10H5F4NOS. The van der Waals surface area contributed by atoms with Crippen molar-refractivity contribution in [1.82, 2.24) is 4.98 Å². The third-order valence-corrected chi connectivity index (χ3v) is 2.70. The van der Waals surface area contributed by atoms with Crippen molar-refractivity contribution in [3.63, 3.8) is 0 Å². The van der Waals surface area contributed by atoms with E-state index in [1.807, 2.05) is 0 Å². The molecule has 0 atom stereocenters. The van der Waals surface area contributed by atoms with Crippen LogP contribution in [0.25, 0.3) is 11.3 Å². The number of hydrogen-bond acceptors (Lipinski definition) is 3. The number of thiazole rings is 1. The third-order valence-electron chi connectivity index (χ3n) is 2.12. The van der Waals surface area contributed by atoms with Crippen LogP contribution in [0.3, 0.4) is 0 Å². The van der Waals surface area contributed by atoms with Gasteiger partial charge in [0.1, 0.15) is 0 Å². The van der Waals surface area contributed by atoms with Gasteiger partial charge in [-0.25, -0.2) is 13.8 Å². The molecule has 0 spiro atoms. The van der Waals surface area contributed by atoms with Gasteiger partial charge in [0.25, 0.3) is 0 Å². The monoisotopic (exact) mass is 263 g/mol. The minimum Gasteiger partial charge on any atom is -0.491 e. The van der Waals surface area contributed by atoms with Crippen LogP contribution in [0.15, 0.2) is 10.9 Å². The van der Waals surface area contributed by atoms with Crippen LogP contribution in [0.1, 0.15) is 0 Å². The van der Waals surface area contributed by atoms with E-state index in [0.717, 1.165) is 18.4 Å². The summed E-state index contributed by atoms with van der Waals surface area (Å²) in [5.74, 6) is -7.28. The van der Waals surface area contributed by atoms with Crippen molar-refractivity contribution in [3.8, 4) is 17.0 Å². The number of halogens is 4. The lowest BCUT2D eigenvalue weighted by Crippen LogP contribution is -2.03. The molecule has 0 saturated carbocycles. The van der Waals surface area contributed by atoms with Gasteiger partial charge in [0, 0.05) is 5.38 Å². The Morgan fingerprint density at radius 1 is 1.06 bits per heavy atom. The number of nitrogens with zero attached hydrogens (tertiary/aromatic N) is 1. The first-order valence-corrected chi connectivity index (χ1v) is 5.30. The summed E-state index contributed by atoms with van der Waals surface area (Å²) in [4.78, 5) is 3.61. The van der Waals surface area contributed by atoms with Crippen LogP contribution < -0.4 is 4.74 Å². The molecule has 0 unspecified atom stereocenters. The lowest BCUT2D eigenvalue weighted by atomic mass is 10.1. The zero-order valence-electron chi connectivity index (χ0n) is 8.43. The van der Waals surface area contributed by atoms with Crippen LogP contribution in [-0.4, -0.2) is 12.1 Å². The predicted molar refractivity (Wildman–Crippen MR) is 53.9 cm³/mol. The van der Waals surface area contributed by atoms with E-state index in [9.17, 15) is 17.6 Å². The second kappa shape index (κ2) is 4.33. The van der Waals surface area contributed by atoms with Crippen LogP contribution in [0.5, 0.6) is 5.75 Å². The SMILES string of the molecule is COc1c(F)c(F)c(-c2cscn2)c(F)c1F. The summed E-state index contributed by atoms with van der Waals surface area (Å²) in [7, 11) is 0.920. The minimum atomic E-state index is -1.57. The van der Waals surface area contributed by atoms with Crippen molar-refractivity contribution in [2.24, 2.45) is 0 Å². The fourth-order valence-corrected chi connectivity index (χ4v) is 1.89. The molecule has 0 N–H and O–H groups in total. The summed E-state index contributed by atoms with van der Waals surface area (Å²) in [5.41, 5.74) is 0.307. The van der Waals surface area contributed by atoms with E-state index in [2.05, 4.69) is 9.72 Å². The first kappa shape index (κ1) is 11.8. The number of aromatic nitrogens is 1. The highest BCUT2D eigenvalue weighted by Gasteiger charge is 2.27. The van der Waals surface area contributed by atoms with E-state index in [4.69, 9.17) is 0 Å². The summed E-state index contributed by atoms with van der Waals surface area (Å²) in [6, 6.07) is 0. The van der Waals surface area contributed by atoms with Gasteiger partial charge in [0.2, 0.25) is 11.6 Å². The quantitative estimate of drug-likeness (QED) is 0.612. The van der Waals surface area contributed by atoms with E-state index >= 15 is 0 Å². The molecule has 1 aromatic heterocycles. The van der Waals surface area contributed by atoms with Crippen LogP contribution >= 0.6 is 11.3 Å². The highest BCUT2D eigenvalue weighted by molar-refractivity contribution is 7.07. The average molecular weight is 263 g/mol. The maximum absolute atomic E-state index is 13.6. The number of rotatable bonds is 2. The number of ether oxygens (including phenoxy) is 1. The van der Waals surface area contributed by atoms with E-state index in [0.29, 0.717) is 0 Å².